The van der Waals surface area contributed by atoms with E-state index < -0.39 is 0 Å². The Kier molecular flexibility index (Phi) is 5.07. The van der Waals surface area contributed by atoms with Crippen molar-refractivity contribution in [3.05, 3.63) is 71.7 Å². The Bertz CT molecular complexity index is 913. The molecule has 1 aliphatic heterocycles. The molecule has 0 aromatic heterocycles. The fourth-order valence-corrected chi connectivity index (χ4v) is 4.32. The minimum Gasteiger partial charge on any atom is -0.491 e. The van der Waals surface area contributed by atoms with Crippen LogP contribution in [-0.2, 0) is 9.53 Å². The summed E-state index contributed by atoms with van der Waals surface area (Å²) in [5, 5.41) is 9.36. The molecule has 29 heavy (non-hydrogen) atoms. The second kappa shape index (κ2) is 7.54. The van der Waals surface area contributed by atoms with Crippen LogP contribution in [0, 0.1) is 17.3 Å². The summed E-state index contributed by atoms with van der Waals surface area (Å²) in [5.41, 5.74) is 2.86. The van der Waals surface area contributed by atoms with Crippen molar-refractivity contribution in [3.63, 3.8) is 0 Å². The molecule has 2 aliphatic carbocycles. The quantitative estimate of drug-likeness (QED) is 0.739. The van der Waals surface area contributed by atoms with Gasteiger partial charge in [0.15, 0.2) is 0 Å². The Labute approximate surface area is 172 Å². The first-order chi connectivity index (χ1) is 13.9. The van der Waals surface area contributed by atoms with Gasteiger partial charge in [0.25, 0.3) is 5.91 Å². The third-order valence-electron chi connectivity index (χ3n) is 6.26. The second-order valence-corrected chi connectivity index (χ2v) is 8.46. The number of rotatable bonds is 6. The number of fused-ring (bicyclic) bond motifs is 1. The average Bonchev–Trinajstić information content (AvgIpc) is 3.47. The number of allylic oxidation sites excluding steroid dienone is 4. The van der Waals surface area contributed by atoms with E-state index in [-0.39, 0.29) is 17.5 Å². The SMILES string of the molecule is C/C(=N\N1C(=O)C=C(COC2=CC=CC3(C(C)C)CC23)NC1C)c1ccccc1. The smallest absolute Gasteiger partial charge is 0.270 e. The summed E-state index contributed by atoms with van der Waals surface area (Å²) in [5.74, 6) is 1.97. The van der Waals surface area contributed by atoms with E-state index in [9.17, 15) is 4.79 Å². The average molecular weight is 392 g/mol. The van der Waals surface area contributed by atoms with Crippen LogP contribution >= 0.6 is 0 Å². The number of hydrogen-bond acceptors (Lipinski definition) is 4. The lowest BCUT2D eigenvalue weighted by Crippen LogP contribution is -2.48. The van der Waals surface area contributed by atoms with Crippen molar-refractivity contribution in [3.8, 4) is 0 Å². The molecule has 3 unspecified atom stereocenters. The van der Waals surface area contributed by atoms with Crippen LogP contribution in [0.3, 0.4) is 0 Å². The molecule has 1 aromatic rings. The molecule has 1 aromatic carbocycles. The van der Waals surface area contributed by atoms with Gasteiger partial charge in [-0.1, -0.05) is 56.3 Å². The van der Waals surface area contributed by atoms with Crippen LogP contribution < -0.4 is 5.32 Å². The van der Waals surface area contributed by atoms with Gasteiger partial charge in [-0.3, -0.25) is 4.79 Å². The summed E-state index contributed by atoms with van der Waals surface area (Å²) in [6.45, 7) is 8.75. The first kappa shape index (κ1) is 19.5. The van der Waals surface area contributed by atoms with Crippen molar-refractivity contribution in [1.82, 2.24) is 10.3 Å². The number of hydrogen-bond donors (Lipinski definition) is 1. The summed E-state index contributed by atoms with van der Waals surface area (Å²) in [4.78, 5) is 12.7. The van der Waals surface area contributed by atoms with E-state index in [1.807, 2.05) is 44.2 Å². The molecule has 1 amide bonds. The van der Waals surface area contributed by atoms with Gasteiger partial charge in [0.05, 0.1) is 11.4 Å². The zero-order valence-corrected chi connectivity index (χ0v) is 17.6. The molecule has 0 saturated heterocycles. The van der Waals surface area contributed by atoms with Gasteiger partial charge in [-0.15, -0.1) is 0 Å². The van der Waals surface area contributed by atoms with Crippen molar-refractivity contribution in [2.45, 2.75) is 40.3 Å². The van der Waals surface area contributed by atoms with E-state index >= 15 is 0 Å². The van der Waals surface area contributed by atoms with Gasteiger partial charge in [-0.2, -0.15) is 5.10 Å². The number of carbonyl (C=O) groups excluding carboxylic acids is 1. The standard InChI is InChI=1S/C24H29N3O2/c1-16(2)24-12-8-11-22(21(24)14-24)29-15-20-13-23(28)27(18(4)25-20)26-17(3)19-9-6-5-7-10-19/h5-13,16,18,21,25H,14-15H2,1-4H3/b26-17+. The highest BCUT2D eigenvalue weighted by Crippen LogP contribution is 2.63. The predicted molar refractivity (Wildman–Crippen MR) is 115 cm³/mol. The van der Waals surface area contributed by atoms with E-state index in [4.69, 9.17) is 4.74 Å². The van der Waals surface area contributed by atoms with Crippen molar-refractivity contribution in [1.29, 1.82) is 0 Å². The van der Waals surface area contributed by atoms with Gasteiger partial charge in [0.2, 0.25) is 0 Å². The van der Waals surface area contributed by atoms with Gasteiger partial charge in [0, 0.05) is 17.4 Å². The molecule has 1 heterocycles. The van der Waals surface area contributed by atoms with Crippen molar-refractivity contribution < 1.29 is 9.53 Å². The molecule has 5 heteroatoms. The Hall–Kier alpha value is -2.82. The Balaban J connectivity index is 1.40. The summed E-state index contributed by atoms with van der Waals surface area (Å²) in [6.07, 6.45) is 9.00. The molecular weight excluding hydrogens is 362 g/mol. The molecule has 0 radical (unpaired) electrons. The first-order valence-electron chi connectivity index (χ1n) is 10.3. The maximum atomic E-state index is 12.7. The van der Waals surface area contributed by atoms with E-state index in [1.165, 1.54) is 5.01 Å². The van der Waals surface area contributed by atoms with Crippen molar-refractivity contribution in [2.24, 2.45) is 22.4 Å². The number of ether oxygens (including phenoxy) is 1. The lowest BCUT2D eigenvalue weighted by atomic mass is 9.87. The van der Waals surface area contributed by atoms with Gasteiger partial charge in [-0.25, -0.2) is 5.01 Å². The molecule has 1 N–H and O–H groups in total. The first-order valence-corrected chi connectivity index (χ1v) is 10.3. The number of benzene rings is 1. The fourth-order valence-electron chi connectivity index (χ4n) is 4.32. The number of carbonyl (C=O) groups is 1. The topological polar surface area (TPSA) is 53.9 Å². The van der Waals surface area contributed by atoms with Gasteiger partial charge in [-0.05, 0) is 37.8 Å². The van der Waals surface area contributed by atoms with Gasteiger partial charge in [0.1, 0.15) is 18.5 Å². The Morgan fingerprint density at radius 1 is 1.34 bits per heavy atom. The van der Waals surface area contributed by atoms with Crippen LogP contribution in [0.4, 0.5) is 0 Å². The third kappa shape index (κ3) is 3.74. The van der Waals surface area contributed by atoms with Crippen molar-refractivity contribution >= 4 is 11.6 Å². The molecule has 152 valence electrons. The molecule has 5 nitrogen and oxygen atoms in total. The summed E-state index contributed by atoms with van der Waals surface area (Å²) in [6, 6.07) is 9.87. The van der Waals surface area contributed by atoms with Gasteiger partial charge >= 0.3 is 0 Å². The van der Waals surface area contributed by atoms with E-state index in [0.29, 0.717) is 18.4 Å². The Morgan fingerprint density at radius 2 is 2.10 bits per heavy atom. The predicted octanol–water partition coefficient (Wildman–Crippen LogP) is 4.20. The third-order valence-corrected chi connectivity index (χ3v) is 6.26. The van der Waals surface area contributed by atoms with Crippen LogP contribution in [0.5, 0.6) is 0 Å². The maximum absolute atomic E-state index is 12.7. The molecule has 0 spiro atoms. The Morgan fingerprint density at radius 3 is 2.79 bits per heavy atom. The number of amides is 1. The van der Waals surface area contributed by atoms with E-state index in [2.05, 4.69) is 42.5 Å². The molecule has 4 rings (SSSR count). The van der Waals surface area contributed by atoms with Crippen LogP contribution in [0.2, 0.25) is 0 Å². The lowest BCUT2D eigenvalue weighted by Gasteiger charge is -2.31. The summed E-state index contributed by atoms with van der Waals surface area (Å²) in [7, 11) is 0. The van der Waals surface area contributed by atoms with E-state index in [1.54, 1.807) is 6.08 Å². The fraction of sp³-hybridized carbons (Fsp3) is 0.417. The molecule has 3 atom stereocenters. The van der Waals surface area contributed by atoms with Crippen molar-refractivity contribution in [2.75, 3.05) is 6.61 Å². The highest BCUT2D eigenvalue weighted by molar-refractivity contribution is 6.00. The highest BCUT2D eigenvalue weighted by Gasteiger charge is 2.57. The maximum Gasteiger partial charge on any atom is 0.270 e. The summed E-state index contributed by atoms with van der Waals surface area (Å²) < 4.78 is 6.11. The number of nitrogens with zero attached hydrogens (tertiary/aromatic N) is 2. The second-order valence-electron chi connectivity index (χ2n) is 8.46. The zero-order valence-electron chi connectivity index (χ0n) is 17.6. The number of nitrogens with one attached hydrogen (secondary N) is 1. The zero-order chi connectivity index (χ0) is 20.6. The number of hydrazone groups is 1. The van der Waals surface area contributed by atoms with Crippen LogP contribution in [0.15, 0.2) is 71.2 Å². The molecule has 0 bridgehead atoms. The largest absolute Gasteiger partial charge is 0.491 e. The minimum atomic E-state index is -0.235. The summed E-state index contributed by atoms with van der Waals surface area (Å²) >= 11 is 0. The van der Waals surface area contributed by atoms with Gasteiger partial charge < -0.3 is 10.1 Å². The minimum absolute atomic E-state index is 0.134. The van der Waals surface area contributed by atoms with Crippen LogP contribution in [-0.4, -0.2) is 29.4 Å². The van der Waals surface area contributed by atoms with Crippen LogP contribution in [0.25, 0.3) is 0 Å². The molecule has 3 aliphatic rings. The normalized spacial score (nSPS) is 28.5. The molecular formula is C24H29N3O2. The van der Waals surface area contributed by atoms with E-state index in [0.717, 1.165) is 29.2 Å². The molecule has 1 fully saturated rings. The lowest BCUT2D eigenvalue weighted by molar-refractivity contribution is -0.129. The monoisotopic (exact) mass is 391 g/mol. The van der Waals surface area contributed by atoms with Crippen LogP contribution in [0.1, 0.15) is 39.7 Å². The molecule has 1 saturated carbocycles. The highest BCUT2D eigenvalue weighted by atomic mass is 16.5.